The maximum Gasteiger partial charge on any atom is 0.416 e. The van der Waals surface area contributed by atoms with Crippen molar-refractivity contribution in [3.05, 3.63) is 78.0 Å². The molecule has 0 unspecified atom stereocenters. The number of hydrogen-bond acceptors (Lipinski definition) is 7. The minimum absolute atomic E-state index is 0.352. The van der Waals surface area contributed by atoms with E-state index in [1.165, 1.54) is 12.1 Å². The van der Waals surface area contributed by atoms with Gasteiger partial charge in [0, 0.05) is 24.5 Å². The van der Waals surface area contributed by atoms with Crippen LogP contribution in [0.15, 0.2) is 61.2 Å². The van der Waals surface area contributed by atoms with Gasteiger partial charge in [-0.25, -0.2) is 9.97 Å². The van der Waals surface area contributed by atoms with Crippen molar-refractivity contribution in [3.8, 4) is 17.2 Å². The Hall–Kier alpha value is -4.28. The second kappa shape index (κ2) is 9.40. The summed E-state index contributed by atoms with van der Waals surface area (Å²) < 4.78 is 51.8. The van der Waals surface area contributed by atoms with Crippen molar-refractivity contribution in [2.45, 2.75) is 19.6 Å². The van der Waals surface area contributed by atoms with E-state index in [-0.39, 0.29) is 0 Å². The zero-order chi connectivity index (χ0) is 25.3. The molecule has 3 heterocycles. The van der Waals surface area contributed by atoms with Gasteiger partial charge in [0.1, 0.15) is 12.4 Å². The van der Waals surface area contributed by atoms with Gasteiger partial charge in [0.25, 0.3) is 0 Å². The van der Waals surface area contributed by atoms with Crippen molar-refractivity contribution in [1.29, 1.82) is 0 Å². The molecule has 0 spiro atoms. The Morgan fingerprint density at radius 3 is 2.61 bits per heavy atom. The molecule has 0 saturated carbocycles. The number of anilines is 3. The molecule has 36 heavy (non-hydrogen) atoms. The van der Waals surface area contributed by atoms with E-state index >= 15 is 0 Å². The number of fused-ring (bicyclic) bond motifs is 1. The molecular weight excluding hydrogens is 473 g/mol. The summed E-state index contributed by atoms with van der Waals surface area (Å²) in [6.45, 7) is 3.27. The van der Waals surface area contributed by atoms with Gasteiger partial charge in [-0.1, -0.05) is 12.1 Å². The number of nitrogens with one attached hydrogen (secondary N) is 1. The highest BCUT2D eigenvalue weighted by molar-refractivity contribution is 5.64. The van der Waals surface area contributed by atoms with E-state index in [2.05, 4.69) is 20.3 Å². The van der Waals surface area contributed by atoms with Crippen LogP contribution < -0.4 is 19.7 Å². The summed E-state index contributed by atoms with van der Waals surface area (Å²) in [7, 11) is 1.60. The molecule has 0 atom stereocenters. The maximum absolute atomic E-state index is 12.9. The molecule has 186 valence electrons. The molecule has 2 aromatic heterocycles. The fourth-order valence-electron chi connectivity index (χ4n) is 3.95. The molecule has 4 aromatic rings. The molecule has 1 N–H and O–H groups in total. The van der Waals surface area contributed by atoms with Crippen molar-refractivity contribution in [3.63, 3.8) is 0 Å². The fraction of sp³-hybridized carbons (Fsp3) is 0.240. The van der Waals surface area contributed by atoms with Crippen LogP contribution in [-0.4, -0.2) is 39.8 Å². The lowest BCUT2D eigenvalue weighted by molar-refractivity contribution is -0.137. The summed E-state index contributed by atoms with van der Waals surface area (Å²) in [5.41, 5.74) is 2.51. The Morgan fingerprint density at radius 2 is 1.92 bits per heavy atom. The van der Waals surface area contributed by atoms with E-state index in [0.717, 1.165) is 34.8 Å². The number of nitrogens with zero attached hydrogens (tertiary/aromatic N) is 5. The van der Waals surface area contributed by atoms with Crippen molar-refractivity contribution in [1.82, 2.24) is 19.5 Å². The first kappa shape index (κ1) is 23.5. The smallest absolute Gasteiger partial charge is 0.416 e. The summed E-state index contributed by atoms with van der Waals surface area (Å²) in [4.78, 5) is 15.2. The molecule has 0 amide bonds. The van der Waals surface area contributed by atoms with Crippen molar-refractivity contribution < 1.29 is 22.6 Å². The van der Waals surface area contributed by atoms with Gasteiger partial charge in [-0.15, -0.1) is 0 Å². The molecule has 2 aromatic carbocycles. The Kier molecular flexibility index (Phi) is 6.13. The van der Waals surface area contributed by atoms with Crippen LogP contribution in [0.25, 0.3) is 5.69 Å². The van der Waals surface area contributed by atoms with E-state index in [9.17, 15) is 13.2 Å². The van der Waals surface area contributed by atoms with Gasteiger partial charge in [0.15, 0.2) is 11.6 Å². The molecule has 0 bridgehead atoms. The van der Waals surface area contributed by atoms with Crippen molar-refractivity contribution >= 4 is 17.5 Å². The summed E-state index contributed by atoms with van der Waals surface area (Å²) in [6, 6.07) is 10.8. The Bertz CT molecular complexity index is 1370. The van der Waals surface area contributed by atoms with Crippen LogP contribution in [0.1, 0.15) is 16.8 Å². The van der Waals surface area contributed by atoms with Gasteiger partial charge >= 0.3 is 6.18 Å². The van der Waals surface area contributed by atoms with Crippen LogP contribution in [-0.2, 0) is 12.7 Å². The molecule has 0 fully saturated rings. The Labute approximate surface area is 205 Å². The van der Waals surface area contributed by atoms with Crippen molar-refractivity contribution in [2.75, 3.05) is 30.5 Å². The number of halogens is 3. The number of methoxy groups -OCH3 is 1. The first-order valence-electron chi connectivity index (χ1n) is 11.2. The number of imidazole rings is 1. The monoisotopic (exact) mass is 496 g/mol. The zero-order valence-corrected chi connectivity index (χ0v) is 19.6. The average Bonchev–Trinajstić information content (AvgIpc) is 3.30. The number of aromatic nitrogens is 4. The number of rotatable bonds is 6. The number of hydrogen-bond donors (Lipinski definition) is 1. The molecule has 5 rings (SSSR count). The summed E-state index contributed by atoms with van der Waals surface area (Å²) in [6.07, 6.45) is 0.848. The largest absolute Gasteiger partial charge is 0.494 e. The summed E-state index contributed by atoms with van der Waals surface area (Å²) in [5.74, 6) is 2.07. The van der Waals surface area contributed by atoms with Crippen LogP contribution in [0, 0.1) is 6.92 Å². The maximum atomic E-state index is 12.9. The topological polar surface area (TPSA) is 77.3 Å². The summed E-state index contributed by atoms with van der Waals surface area (Å²) in [5, 5.41) is 3.19. The minimum atomic E-state index is -4.36. The predicted molar refractivity (Wildman–Crippen MR) is 128 cm³/mol. The van der Waals surface area contributed by atoms with Gasteiger partial charge in [0.05, 0.1) is 43.1 Å². The number of alkyl halides is 3. The molecule has 0 radical (unpaired) electrons. The van der Waals surface area contributed by atoms with Gasteiger partial charge < -0.3 is 24.3 Å². The van der Waals surface area contributed by atoms with Gasteiger partial charge in [-0.3, -0.25) is 0 Å². The summed E-state index contributed by atoms with van der Waals surface area (Å²) >= 11 is 0. The first-order valence-corrected chi connectivity index (χ1v) is 11.2. The van der Waals surface area contributed by atoms with E-state index < -0.39 is 11.7 Å². The quantitative estimate of drug-likeness (QED) is 0.396. The highest BCUT2D eigenvalue weighted by Crippen LogP contribution is 2.34. The average molecular weight is 496 g/mol. The lowest BCUT2D eigenvalue weighted by Gasteiger charge is -2.30. The molecule has 1 aliphatic heterocycles. The van der Waals surface area contributed by atoms with E-state index in [0.29, 0.717) is 43.0 Å². The van der Waals surface area contributed by atoms with Crippen molar-refractivity contribution in [2.24, 2.45) is 0 Å². The van der Waals surface area contributed by atoms with E-state index in [1.807, 2.05) is 40.8 Å². The molecule has 0 saturated heterocycles. The normalized spacial score (nSPS) is 13.2. The molecule has 8 nitrogen and oxygen atoms in total. The molecular formula is C25H23F3N6O2. The third-order valence-corrected chi connectivity index (χ3v) is 5.74. The number of aryl methyl sites for hydroxylation is 1. The SMILES string of the molecule is COc1cc(Nc2ncc3c(n2)N(Cc2ccc(C(F)(F)F)cc2)CCO3)ccc1-n1cnc(C)c1. The minimum Gasteiger partial charge on any atom is -0.494 e. The van der Waals surface area contributed by atoms with Crippen LogP contribution >= 0.6 is 0 Å². The lowest BCUT2D eigenvalue weighted by Crippen LogP contribution is -2.33. The Morgan fingerprint density at radius 1 is 1.11 bits per heavy atom. The second-order valence-electron chi connectivity index (χ2n) is 8.28. The molecule has 1 aliphatic rings. The van der Waals surface area contributed by atoms with Crippen LogP contribution in [0.5, 0.6) is 11.5 Å². The lowest BCUT2D eigenvalue weighted by atomic mass is 10.1. The standard InChI is InChI=1S/C25H23F3N6O2/c1-16-13-34(15-30-16)20-8-7-19(11-21(20)35-2)31-24-29-12-22-23(32-24)33(9-10-36-22)14-17-3-5-18(6-4-17)25(26,27)28/h3-8,11-13,15H,9-10,14H2,1-2H3,(H,29,31,32). The highest BCUT2D eigenvalue weighted by Gasteiger charge is 2.30. The number of benzene rings is 2. The fourth-order valence-corrected chi connectivity index (χ4v) is 3.95. The number of ether oxygens (including phenoxy) is 2. The third kappa shape index (κ3) is 4.90. The predicted octanol–water partition coefficient (Wildman–Crippen LogP) is 5.14. The van der Waals surface area contributed by atoms with E-state index in [4.69, 9.17) is 9.47 Å². The zero-order valence-electron chi connectivity index (χ0n) is 19.6. The van der Waals surface area contributed by atoms with Gasteiger partial charge in [0.2, 0.25) is 5.95 Å². The Balaban J connectivity index is 1.36. The highest BCUT2D eigenvalue weighted by atomic mass is 19.4. The van der Waals surface area contributed by atoms with Crippen LogP contribution in [0.3, 0.4) is 0 Å². The molecule has 11 heteroatoms. The second-order valence-corrected chi connectivity index (χ2v) is 8.28. The van der Waals surface area contributed by atoms with E-state index in [1.54, 1.807) is 19.6 Å². The first-order chi connectivity index (χ1) is 17.3. The molecule has 0 aliphatic carbocycles. The van der Waals surface area contributed by atoms with Gasteiger partial charge in [-0.05, 0) is 36.8 Å². The van der Waals surface area contributed by atoms with Crippen LogP contribution in [0.4, 0.5) is 30.6 Å². The van der Waals surface area contributed by atoms with Crippen LogP contribution in [0.2, 0.25) is 0 Å². The third-order valence-electron chi connectivity index (χ3n) is 5.74. The van der Waals surface area contributed by atoms with Gasteiger partial charge in [-0.2, -0.15) is 18.2 Å².